The van der Waals surface area contributed by atoms with Crippen LogP contribution in [-0.2, 0) is 16.0 Å². The number of carboxylic acid groups (broad SMARTS) is 1. The van der Waals surface area contributed by atoms with Crippen LogP contribution < -0.4 is 0 Å². The van der Waals surface area contributed by atoms with Crippen LogP contribution in [0.5, 0.6) is 0 Å². The van der Waals surface area contributed by atoms with Crippen molar-refractivity contribution in [3.8, 4) is 0 Å². The van der Waals surface area contributed by atoms with Crippen molar-refractivity contribution in [2.24, 2.45) is 5.92 Å². The standard InChI is InChI=1S/C17H21NO4/c19-16(9-12-2-1-3-14(8-12)17(20)21)18(15-4-5-15)10-13-6-7-22-11-13/h1-3,8,13,15H,4-7,9-11H2,(H,20,21). The Bertz CT molecular complexity index is 562. The van der Waals surface area contributed by atoms with Crippen molar-refractivity contribution in [3.63, 3.8) is 0 Å². The van der Waals surface area contributed by atoms with E-state index in [9.17, 15) is 9.59 Å². The fourth-order valence-corrected chi connectivity index (χ4v) is 2.94. The molecule has 118 valence electrons. The minimum atomic E-state index is -0.962. The molecule has 1 heterocycles. The average Bonchev–Trinajstić information content (AvgIpc) is 3.21. The lowest BCUT2D eigenvalue weighted by Crippen LogP contribution is -2.38. The van der Waals surface area contributed by atoms with Crippen LogP contribution in [0, 0.1) is 5.92 Å². The molecule has 1 unspecified atom stereocenters. The van der Waals surface area contributed by atoms with Gasteiger partial charge in [0.25, 0.3) is 0 Å². The second-order valence-corrected chi connectivity index (χ2v) is 6.19. The minimum absolute atomic E-state index is 0.0944. The van der Waals surface area contributed by atoms with Gasteiger partial charge in [-0.05, 0) is 37.0 Å². The zero-order valence-electron chi connectivity index (χ0n) is 12.5. The molecular formula is C17H21NO4. The van der Waals surface area contributed by atoms with Crippen LogP contribution >= 0.6 is 0 Å². The van der Waals surface area contributed by atoms with E-state index in [4.69, 9.17) is 9.84 Å². The molecular weight excluding hydrogens is 282 g/mol. The van der Waals surface area contributed by atoms with Gasteiger partial charge in [-0.3, -0.25) is 4.79 Å². The van der Waals surface area contributed by atoms with Crippen LogP contribution in [0.1, 0.15) is 35.2 Å². The molecule has 1 saturated carbocycles. The molecule has 0 aromatic heterocycles. The lowest BCUT2D eigenvalue weighted by atomic mass is 10.1. The van der Waals surface area contributed by atoms with E-state index in [0.717, 1.165) is 44.6 Å². The van der Waals surface area contributed by atoms with Gasteiger partial charge < -0.3 is 14.7 Å². The summed E-state index contributed by atoms with van der Waals surface area (Å²) >= 11 is 0. The summed E-state index contributed by atoms with van der Waals surface area (Å²) in [5.74, 6) is -0.428. The lowest BCUT2D eigenvalue weighted by Gasteiger charge is -2.25. The molecule has 5 heteroatoms. The normalized spacial score (nSPS) is 20.8. The van der Waals surface area contributed by atoms with E-state index >= 15 is 0 Å². The highest BCUT2D eigenvalue weighted by Crippen LogP contribution is 2.29. The zero-order chi connectivity index (χ0) is 15.5. The first-order valence-electron chi connectivity index (χ1n) is 7.83. The van der Waals surface area contributed by atoms with Crippen molar-refractivity contribution < 1.29 is 19.4 Å². The predicted molar refractivity (Wildman–Crippen MR) is 80.8 cm³/mol. The van der Waals surface area contributed by atoms with Gasteiger partial charge in [-0.15, -0.1) is 0 Å². The van der Waals surface area contributed by atoms with Crippen molar-refractivity contribution in [1.29, 1.82) is 0 Å². The second-order valence-electron chi connectivity index (χ2n) is 6.19. The molecule has 1 amide bonds. The Labute approximate surface area is 129 Å². The number of amides is 1. The fourth-order valence-electron chi connectivity index (χ4n) is 2.94. The molecule has 22 heavy (non-hydrogen) atoms. The Morgan fingerprint density at radius 2 is 2.09 bits per heavy atom. The first-order valence-corrected chi connectivity index (χ1v) is 7.83. The van der Waals surface area contributed by atoms with Crippen LogP contribution in [0.25, 0.3) is 0 Å². The van der Waals surface area contributed by atoms with E-state index in [1.54, 1.807) is 18.2 Å². The molecule has 0 spiro atoms. The quantitative estimate of drug-likeness (QED) is 0.872. The predicted octanol–water partition coefficient (Wildman–Crippen LogP) is 1.95. The van der Waals surface area contributed by atoms with E-state index in [0.29, 0.717) is 12.0 Å². The molecule has 1 atom stereocenters. The maximum atomic E-state index is 12.6. The lowest BCUT2D eigenvalue weighted by molar-refractivity contribution is -0.131. The Balaban J connectivity index is 1.65. The van der Waals surface area contributed by atoms with E-state index in [-0.39, 0.29) is 17.9 Å². The van der Waals surface area contributed by atoms with Crippen LogP contribution in [0.2, 0.25) is 0 Å². The summed E-state index contributed by atoms with van der Waals surface area (Å²) in [6.45, 7) is 2.30. The van der Waals surface area contributed by atoms with E-state index in [2.05, 4.69) is 0 Å². The van der Waals surface area contributed by atoms with Crippen molar-refractivity contribution in [3.05, 3.63) is 35.4 Å². The van der Waals surface area contributed by atoms with Crippen molar-refractivity contribution in [2.75, 3.05) is 19.8 Å². The van der Waals surface area contributed by atoms with Gasteiger partial charge >= 0.3 is 5.97 Å². The third kappa shape index (κ3) is 3.65. The molecule has 1 aliphatic carbocycles. The molecule has 1 aromatic carbocycles. The molecule has 1 aliphatic heterocycles. The van der Waals surface area contributed by atoms with Crippen LogP contribution in [0.3, 0.4) is 0 Å². The van der Waals surface area contributed by atoms with E-state index < -0.39 is 5.97 Å². The third-order valence-electron chi connectivity index (χ3n) is 4.32. The summed E-state index contributed by atoms with van der Waals surface area (Å²) in [5.41, 5.74) is 0.991. The maximum Gasteiger partial charge on any atom is 0.335 e. The summed E-state index contributed by atoms with van der Waals surface area (Å²) < 4.78 is 5.39. The number of aromatic carboxylic acids is 1. The monoisotopic (exact) mass is 303 g/mol. The van der Waals surface area contributed by atoms with Gasteiger partial charge in [0, 0.05) is 25.1 Å². The Kier molecular flexibility index (Phi) is 4.43. The van der Waals surface area contributed by atoms with Gasteiger partial charge in [0.05, 0.1) is 18.6 Å². The van der Waals surface area contributed by atoms with Gasteiger partial charge in [-0.2, -0.15) is 0 Å². The molecule has 1 N–H and O–H groups in total. The van der Waals surface area contributed by atoms with Gasteiger partial charge in [0.2, 0.25) is 5.91 Å². The molecule has 5 nitrogen and oxygen atoms in total. The summed E-state index contributed by atoms with van der Waals surface area (Å²) in [4.78, 5) is 25.6. The number of hydrogen-bond acceptors (Lipinski definition) is 3. The molecule has 0 radical (unpaired) electrons. The Morgan fingerprint density at radius 3 is 2.73 bits per heavy atom. The molecule has 1 aromatic rings. The van der Waals surface area contributed by atoms with E-state index in [1.165, 1.54) is 0 Å². The van der Waals surface area contributed by atoms with Crippen LogP contribution in [-0.4, -0.2) is 47.7 Å². The average molecular weight is 303 g/mol. The highest BCUT2D eigenvalue weighted by molar-refractivity contribution is 5.88. The summed E-state index contributed by atoms with van der Waals surface area (Å²) in [7, 11) is 0. The van der Waals surface area contributed by atoms with Gasteiger partial charge in [0.15, 0.2) is 0 Å². The summed E-state index contributed by atoms with van der Waals surface area (Å²) in [5, 5.41) is 9.03. The van der Waals surface area contributed by atoms with E-state index in [1.807, 2.05) is 11.0 Å². The highest BCUT2D eigenvalue weighted by atomic mass is 16.5. The topological polar surface area (TPSA) is 66.8 Å². The number of hydrogen-bond donors (Lipinski definition) is 1. The van der Waals surface area contributed by atoms with Crippen molar-refractivity contribution in [2.45, 2.75) is 31.7 Å². The molecule has 0 bridgehead atoms. The first kappa shape index (κ1) is 15.0. The largest absolute Gasteiger partial charge is 0.478 e. The maximum absolute atomic E-state index is 12.6. The van der Waals surface area contributed by atoms with Crippen molar-refractivity contribution in [1.82, 2.24) is 4.90 Å². The third-order valence-corrected chi connectivity index (χ3v) is 4.32. The number of carboxylic acids is 1. The number of ether oxygens (including phenoxy) is 1. The minimum Gasteiger partial charge on any atom is -0.478 e. The number of carbonyl (C=O) groups excluding carboxylic acids is 1. The molecule has 2 aliphatic rings. The highest BCUT2D eigenvalue weighted by Gasteiger charge is 2.34. The molecule has 2 fully saturated rings. The smallest absolute Gasteiger partial charge is 0.335 e. The number of carbonyl (C=O) groups is 2. The zero-order valence-corrected chi connectivity index (χ0v) is 12.5. The molecule has 3 rings (SSSR count). The summed E-state index contributed by atoms with van der Waals surface area (Å²) in [6, 6.07) is 7.01. The Hall–Kier alpha value is -1.88. The van der Waals surface area contributed by atoms with Crippen LogP contribution in [0.4, 0.5) is 0 Å². The SMILES string of the molecule is O=C(O)c1cccc(CC(=O)N(CC2CCOC2)C2CC2)c1. The van der Waals surface area contributed by atoms with Gasteiger partial charge in [-0.1, -0.05) is 12.1 Å². The Morgan fingerprint density at radius 1 is 1.27 bits per heavy atom. The number of benzene rings is 1. The number of rotatable bonds is 6. The number of nitrogens with zero attached hydrogens (tertiary/aromatic N) is 1. The second kappa shape index (κ2) is 6.48. The van der Waals surface area contributed by atoms with Crippen LogP contribution in [0.15, 0.2) is 24.3 Å². The molecule has 1 saturated heterocycles. The van der Waals surface area contributed by atoms with Gasteiger partial charge in [0.1, 0.15) is 0 Å². The van der Waals surface area contributed by atoms with Crippen molar-refractivity contribution >= 4 is 11.9 Å². The summed E-state index contributed by atoms with van der Waals surface area (Å²) in [6.07, 6.45) is 3.44. The fraction of sp³-hybridized carbons (Fsp3) is 0.529. The van der Waals surface area contributed by atoms with Gasteiger partial charge in [-0.25, -0.2) is 4.79 Å². The first-order chi connectivity index (χ1) is 10.6.